The van der Waals surface area contributed by atoms with E-state index in [9.17, 15) is 4.79 Å². The van der Waals surface area contributed by atoms with Crippen LogP contribution in [-0.2, 0) is 4.79 Å². The zero-order valence-electron chi connectivity index (χ0n) is 10.5. The van der Waals surface area contributed by atoms with Gasteiger partial charge in [-0.3, -0.25) is 4.79 Å². The van der Waals surface area contributed by atoms with Gasteiger partial charge in [-0.1, -0.05) is 36.2 Å². The van der Waals surface area contributed by atoms with E-state index in [1.54, 1.807) is 0 Å². The van der Waals surface area contributed by atoms with Crippen LogP contribution in [0.2, 0.25) is 5.02 Å². The Labute approximate surface area is 119 Å². The number of hydrogen-bond donors (Lipinski definition) is 0. The first kappa shape index (κ1) is 15.3. The van der Waals surface area contributed by atoms with Gasteiger partial charge in [0.25, 0.3) is 0 Å². The average Bonchev–Trinajstić information content (AvgIpc) is 2.37. The van der Waals surface area contributed by atoms with Gasteiger partial charge in [-0.15, -0.1) is 18.3 Å². The molecule has 18 heavy (non-hydrogen) atoms. The molecule has 0 aliphatic carbocycles. The number of thioether (sulfide) groups is 1. The molecule has 0 unspecified atom stereocenters. The zero-order valence-corrected chi connectivity index (χ0v) is 12.1. The molecule has 0 N–H and O–H groups in total. The molecule has 1 aromatic rings. The Bertz CT molecular complexity index is 390. The summed E-state index contributed by atoms with van der Waals surface area (Å²) >= 11 is 7.55. The second kappa shape index (κ2) is 9.23. The Morgan fingerprint density at radius 3 is 2.78 bits per heavy atom. The van der Waals surface area contributed by atoms with Gasteiger partial charge in [0.15, 0.2) is 0 Å². The van der Waals surface area contributed by atoms with Crippen molar-refractivity contribution < 1.29 is 4.79 Å². The lowest BCUT2D eigenvalue weighted by Crippen LogP contribution is -2.01. The number of Topliss-reactive ketones (excluding diaryl/α,β-unsaturated/α-hetero) is 1. The standard InChI is InChI=1S/C15H19ClOS/c1-2-3-4-5-6-9-13(17)12-18-15-11-8-7-10-14(15)16/h2,7-8,10-11H,1,3-6,9,12H2. The molecule has 0 aromatic heterocycles. The summed E-state index contributed by atoms with van der Waals surface area (Å²) in [6, 6.07) is 7.63. The molecular weight excluding hydrogens is 264 g/mol. The maximum atomic E-state index is 11.7. The monoisotopic (exact) mass is 282 g/mol. The maximum absolute atomic E-state index is 11.7. The third-order valence-corrected chi connectivity index (χ3v) is 4.16. The molecule has 0 radical (unpaired) electrons. The Balaban J connectivity index is 2.17. The summed E-state index contributed by atoms with van der Waals surface area (Å²) < 4.78 is 0. The molecule has 0 fully saturated rings. The maximum Gasteiger partial charge on any atom is 0.143 e. The van der Waals surface area contributed by atoms with E-state index in [0.29, 0.717) is 18.0 Å². The first-order valence-corrected chi connectivity index (χ1v) is 7.60. The SMILES string of the molecule is C=CCCCCCC(=O)CSc1ccccc1Cl. The van der Waals surface area contributed by atoms with Crippen molar-refractivity contribution in [3.63, 3.8) is 0 Å². The molecular formula is C15H19ClOS. The van der Waals surface area contributed by atoms with Gasteiger partial charge < -0.3 is 0 Å². The van der Waals surface area contributed by atoms with Crippen molar-refractivity contribution in [2.24, 2.45) is 0 Å². The number of hydrogen-bond acceptors (Lipinski definition) is 2. The van der Waals surface area contributed by atoms with E-state index < -0.39 is 0 Å². The van der Waals surface area contributed by atoms with Crippen molar-refractivity contribution in [1.29, 1.82) is 0 Å². The number of carbonyl (C=O) groups is 1. The number of benzene rings is 1. The Hall–Kier alpha value is -0.730. The molecule has 0 spiro atoms. The summed E-state index contributed by atoms with van der Waals surface area (Å²) in [6.45, 7) is 3.68. The lowest BCUT2D eigenvalue weighted by molar-refractivity contribution is -0.116. The fraction of sp³-hybridized carbons (Fsp3) is 0.400. The van der Waals surface area contributed by atoms with Gasteiger partial charge in [0, 0.05) is 11.3 Å². The molecule has 1 rings (SSSR count). The van der Waals surface area contributed by atoms with Crippen LogP contribution in [0, 0.1) is 0 Å². The molecule has 98 valence electrons. The minimum absolute atomic E-state index is 0.304. The van der Waals surface area contributed by atoms with E-state index in [-0.39, 0.29) is 0 Å². The van der Waals surface area contributed by atoms with E-state index >= 15 is 0 Å². The van der Waals surface area contributed by atoms with Gasteiger partial charge in [0.2, 0.25) is 0 Å². The molecule has 0 saturated carbocycles. The Morgan fingerprint density at radius 1 is 1.28 bits per heavy atom. The van der Waals surface area contributed by atoms with Gasteiger partial charge in [0.05, 0.1) is 10.8 Å². The van der Waals surface area contributed by atoms with E-state index in [1.807, 2.05) is 30.3 Å². The number of allylic oxidation sites excluding steroid dienone is 1. The van der Waals surface area contributed by atoms with E-state index in [1.165, 1.54) is 11.8 Å². The van der Waals surface area contributed by atoms with Crippen LogP contribution >= 0.6 is 23.4 Å². The van der Waals surface area contributed by atoms with E-state index in [2.05, 4.69) is 6.58 Å². The van der Waals surface area contributed by atoms with E-state index in [4.69, 9.17) is 11.6 Å². The molecule has 0 bridgehead atoms. The predicted octanol–water partition coefficient (Wildman–Crippen LogP) is 5.14. The van der Waals surface area contributed by atoms with Gasteiger partial charge in [-0.2, -0.15) is 0 Å². The highest BCUT2D eigenvalue weighted by molar-refractivity contribution is 8.00. The van der Waals surface area contributed by atoms with Gasteiger partial charge in [-0.25, -0.2) is 0 Å². The fourth-order valence-corrected chi connectivity index (χ4v) is 2.72. The van der Waals surface area contributed by atoms with Crippen molar-refractivity contribution in [2.75, 3.05) is 5.75 Å². The number of rotatable bonds is 9. The lowest BCUT2D eigenvalue weighted by atomic mass is 10.1. The smallest absolute Gasteiger partial charge is 0.143 e. The average molecular weight is 283 g/mol. The Kier molecular flexibility index (Phi) is 7.86. The quantitative estimate of drug-likeness (QED) is 0.354. The van der Waals surface area contributed by atoms with Crippen LogP contribution in [0.25, 0.3) is 0 Å². The predicted molar refractivity (Wildman–Crippen MR) is 80.5 cm³/mol. The molecule has 1 nitrogen and oxygen atoms in total. The molecule has 0 atom stereocenters. The van der Waals surface area contributed by atoms with Crippen LogP contribution in [0.4, 0.5) is 0 Å². The van der Waals surface area contributed by atoms with Gasteiger partial charge in [0.1, 0.15) is 5.78 Å². The summed E-state index contributed by atoms with van der Waals surface area (Å²) in [5, 5.41) is 0.723. The van der Waals surface area contributed by atoms with Crippen LogP contribution in [0.1, 0.15) is 32.1 Å². The highest BCUT2D eigenvalue weighted by atomic mass is 35.5. The summed E-state index contributed by atoms with van der Waals surface area (Å²) in [4.78, 5) is 12.7. The van der Waals surface area contributed by atoms with Crippen molar-refractivity contribution in [1.82, 2.24) is 0 Å². The number of unbranched alkanes of at least 4 members (excludes halogenated alkanes) is 3. The Morgan fingerprint density at radius 2 is 2.06 bits per heavy atom. The fourth-order valence-electron chi connectivity index (χ4n) is 1.58. The molecule has 3 heteroatoms. The topological polar surface area (TPSA) is 17.1 Å². The lowest BCUT2D eigenvalue weighted by Gasteiger charge is -2.03. The summed E-state index contributed by atoms with van der Waals surface area (Å²) in [5.41, 5.74) is 0. The number of halogens is 1. The van der Waals surface area contributed by atoms with Gasteiger partial charge >= 0.3 is 0 Å². The van der Waals surface area contributed by atoms with Crippen LogP contribution in [0.3, 0.4) is 0 Å². The summed E-state index contributed by atoms with van der Waals surface area (Å²) in [7, 11) is 0. The number of carbonyl (C=O) groups excluding carboxylic acids is 1. The van der Waals surface area contributed by atoms with Crippen LogP contribution in [0.15, 0.2) is 41.8 Å². The minimum Gasteiger partial charge on any atom is -0.299 e. The minimum atomic E-state index is 0.304. The second-order valence-corrected chi connectivity index (χ2v) is 5.57. The van der Waals surface area contributed by atoms with Crippen LogP contribution < -0.4 is 0 Å². The number of ketones is 1. The molecule has 1 aromatic carbocycles. The highest BCUT2D eigenvalue weighted by Crippen LogP contribution is 2.26. The first-order valence-electron chi connectivity index (χ1n) is 6.24. The summed E-state index contributed by atoms with van der Waals surface area (Å²) in [5.74, 6) is 0.823. The molecule has 0 aliphatic rings. The third-order valence-electron chi connectivity index (χ3n) is 2.59. The molecule has 0 aliphatic heterocycles. The first-order chi connectivity index (χ1) is 8.74. The van der Waals surface area contributed by atoms with E-state index in [0.717, 1.165) is 35.6 Å². The van der Waals surface area contributed by atoms with Crippen LogP contribution in [-0.4, -0.2) is 11.5 Å². The zero-order chi connectivity index (χ0) is 13.2. The van der Waals surface area contributed by atoms with Crippen molar-refractivity contribution in [3.8, 4) is 0 Å². The van der Waals surface area contributed by atoms with Crippen molar-refractivity contribution in [3.05, 3.63) is 41.9 Å². The third kappa shape index (κ3) is 6.27. The van der Waals surface area contributed by atoms with Crippen LogP contribution in [0.5, 0.6) is 0 Å². The summed E-state index contributed by atoms with van der Waals surface area (Å²) in [6.07, 6.45) is 6.87. The van der Waals surface area contributed by atoms with Crippen molar-refractivity contribution in [2.45, 2.75) is 37.0 Å². The van der Waals surface area contributed by atoms with Gasteiger partial charge in [-0.05, 0) is 31.4 Å². The van der Waals surface area contributed by atoms with Crippen molar-refractivity contribution >= 4 is 29.1 Å². The molecule has 0 amide bonds. The highest BCUT2D eigenvalue weighted by Gasteiger charge is 2.05. The normalized spacial score (nSPS) is 10.3. The second-order valence-electron chi connectivity index (χ2n) is 4.15. The molecule has 0 heterocycles. The molecule has 0 saturated heterocycles. The largest absolute Gasteiger partial charge is 0.299 e.